The topological polar surface area (TPSA) is 77.7 Å². The molecule has 0 bridgehead atoms. The van der Waals surface area contributed by atoms with E-state index in [1.54, 1.807) is 12.1 Å². The summed E-state index contributed by atoms with van der Waals surface area (Å²) in [6.07, 6.45) is 7.83. The molecule has 200 valence electrons. The molecule has 0 atom stereocenters. The number of hydrogen-bond donors (Lipinski definition) is 2. The highest BCUT2D eigenvalue weighted by atomic mass is 19.1. The molecule has 5 aliphatic rings. The number of hydrogen-bond acceptors (Lipinski definition) is 5. The summed E-state index contributed by atoms with van der Waals surface area (Å²) in [6.45, 7) is 1.25. The lowest BCUT2D eigenvalue weighted by atomic mass is 10.0. The number of halogens is 1. The highest BCUT2D eigenvalue weighted by molar-refractivity contribution is 5.95. The average Bonchev–Trinajstić information content (AvgIpc) is 3.16. The second kappa shape index (κ2) is 9.41. The molecule has 8 heteroatoms. The Morgan fingerprint density at radius 1 is 1.10 bits per heavy atom. The summed E-state index contributed by atoms with van der Waals surface area (Å²) >= 11 is 0. The number of nitrogens with one attached hydrogen (secondary N) is 2. The first kappa shape index (κ1) is 24.2. The smallest absolute Gasteiger partial charge is 0.258 e. The second-order valence-electron chi connectivity index (χ2n) is 10.3. The third-order valence-corrected chi connectivity index (χ3v) is 7.78. The molecule has 0 aromatic heterocycles. The molecule has 4 heterocycles. The van der Waals surface area contributed by atoms with Crippen LogP contribution in [0.1, 0.15) is 17.5 Å². The minimum Gasteiger partial charge on any atom is -0.493 e. The fourth-order valence-electron chi connectivity index (χ4n) is 5.92. The molecule has 4 aliphatic heterocycles. The van der Waals surface area contributed by atoms with Crippen molar-refractivity contribution in [2.75, 3.05) is 30.0 Å². The molecule has 0 unspecified atom stereocenters. The first-order chi connectivity index (χ1) is 19.5. The van der Waals surface area contributed by atoms with Gasteiger partial charge in [0.15, 0.2) is 0 Å². The molecular weight excluding hydrogens is 507 g/mol. The summed E-state index contributed by atoms with van der Waals surface area (Å²) in [5.41, 5.74) is 6.20. The lowest BCUT2D eigenvalue weighted by Gasteiger charge is -2.27. The fraction of sp³-hybridized carbons (Fsp3) is 0.188. The van der Waals surface area contributed by atoms with Crippen molar-refractivity contribution in [1.29, 1.82) is 0 Å². The number of aromatic nitrogens is 1. The fourth-order valence-corrected chi connectivity index (χ4v) is 5.92. The predicted molar refractivity (Wildman–Crippen MR) is 154 cm³/mol. The molecule has 7 rings (SSSR count). The van der Waals surface area contributed by atoms with Crippen LogP contribution in [0.3, 0.4) is 0 Å². The van der Waals surface area contributed by atoms with Gasteiger partial charge in [0.25, 0.3) is 5.56 Å². The lowest BCUT2D eigenvalue weighted by Crippen LogP contribution is -2.32. The van der Waals surface area contributed by atoms with E-state index >= 15 is 0 Å². The van der Waals surface area contributed by atoms with E-state index in [9.17, 15) is 14.0 Å². The predicted octanol–water partition coefficient (Wildman–Crippen LogP) is 3.31. The normalized spacial score (nSPS) is 15.3. The number of rotatable bonds is 4. The number of anilines is 3. The van der Waals surface area contributed by atoms with Gasteiger partial charge in [-0.05, 0) is 78.6 Å². The third kappa shape index (κ3) is 4.04. The SMILES string of the molecule is CN1C=CC(NC(=O)Cc2ccc3c(c2)CCCO3)=c2ccc3c4c([nH]c(=O)c-4c21)=CCN3c1ccc(F)cc1. The molecule has 0 saturated carbocycles. The van der Waals surface area contributed by atoms with E-state index in [1.165, 1.54) is 12.1 Å². The molecule has 1 amide bonds. The second-order valence-corrected chi connectivity index (χ2v) is 10.3. The van der Waals surface area contributed by atoms with Gasteiger partial charge in [-0.1, -0.05) is 12.1 Å². The molecule has 2 aromatic rings. The lowest BCUT2D eigenvalue weighted by molar-refractivity contribution is -0.119. The number of fused-ring (bicyclic) bond motifs is 3. The highest BCUT2D eigenvalue weighted by Gasteiger charge is 2.28. The number of amides is 1. The van der Waals surface area contributed by atoms with Crippen LogP contribution in [0.4, 0.5) is 21.5 Å². The summed E-state index contributed by atoms with van der Waals surface area (Å²) in [7, 11) is 1.89. The van der Waals surface area contributed by atoms with Crippen LogP contribution in [0.2, 0.25) is 0 Å². The van der Waals surface area contributed by atoms with Gasteiger partial charge >= 0.3 is 0 Å². The zero-order chi connectivity index (χ0) is 27.4. The van der Waals surface area contributed by atoms with E-state index in [4.69, 9.17) is 4.74 Å². The maximum absolute atomic E-state index is 13.7. The van der Waals surface area contributed by atoms with Crippen molar-refractivity contribution in [1.82, 2.24) is 10.3 Å². The van der Waals surface area contributed by atoms with Crippen molar-refractivity contribution < 1.29 is 13.9 Å². The molecular formula is C32H27FN4O3. The molecule has 0 radical (unpaired) electrons. The minimum absolute atomic E-state index is 0.141. The van der Waals surface area contributed by atoms with Gasteiger partial charge in [-0.25, -0.2) is 4.39 Å². The Hall–Kier alpha value is -4.85. The van der Waals surface area contributed by atoms with Crippen LogP contribution < -0.4 is 36.0 Å². The maximum Gasteiger partial charge on any atom is 0.258 e. The summed E-state index contributed by atoms with van der Waals surface area (Å²) in [5, 5.41) is 4.60. The number of aromatic amines is 1. The molecule has 0 fully saturated rings. The van der Waals surface area contributed by atoms with Gasteiger partial charge in [-0.2, -0.15) is 0 Å². The summed E-state index contributed by atoms with van der Waals surface area (Å²) in [5.74, 6) is 0.449. The summed E-state index contributed by atoms with van der Waals surface area (Å²) in [6, 6.07) is 16.2. The highest BCUT2D eigenvalue weighted by Crippen LogP contribution is 2.37. The van der Waals surface area contributed by atoms with Gasteiger partial charge in [0.05, 0.1) is 35.7 Å². The van der Waals surface area contributed by atoms with Gasteiger partial charge in [0.1, 0.15) is 11.6 Å². The van der Waals surface area contributed by atoms with E-state index in [-0.39, 0.29) is 23.7 Å². The van der Waals surface area contributed by atoms with Gasteiger partial charge in [0.2, 0.25) is 5.91 Å². The zero-order valence-corrected chi connectivity index (χ0v) is 22.0. The molecule has 7 nitrogen and oxygen atoms in total. The van der Waals surface area contributed by atoms with Gasteiger partial charge in [-0.15, -0.1) is 0 Å². The number of carbonyl (C=O) groups excluding carboxylic acids is 1. The minimum atomic E-state index is -0.306. The molecule has 1 aliphatic carbocycles. The number of carbonyl (C=O) groups is 1. The first-order valence-electron chi connectivity index (χ1n) is 13.4. The Morgan fingerprint density at radius 2 is 1.95 bits per heavy atom. The van der Waals surface area contributed by atoms with Crippen LogP contribution in [0.5, 0.6) is 5.75 Å². The van der Waals surface area contributed by atoms with Crippen LogP contribution in [-0.2, 0) is 17.6 Å². The van der Waals surface area contributed by atoms with Crippen LogP contribution in [0.25, 0.3) is 22.9 Å². The Morgan fingerprint density at radius 3 is 2.80 bits per heavy atom. The van der Waals surface area contributed by atoms with Crippen LogP contribution in [-0.4, -0.2) is 31.1 Å². The van der Waals surface area contributed by atoms with Crippen LogP contribution in [0, 0.1) is 5.82 Å². The Balaban J connectivity index is 1.31. The van der Waals surface area contributed by atoms with Crippen molar-refractivity contribution >= 4 is 34.7 Å². The number of nitrogens with zero attached hydrogens (tertiary/aromatic N) is 2. The maximum atomic E-state index is 13.7. The van der Waals surface area contributed by atoms with E-state index < -0.39 is 0 Å². The molecule has 2 aromatic carbocycles. The van der Waals surface area contributed by atoms with E-state index in [0.717, 1.165) is 63.8 Å². The van der Waals surface area contributed by atoms with Gasteiger partial charge < -0.3 is 24.8 Å². The van der Waals surface area contributed by atoms with Crippen molar-refractivity contribution in [3.63, 3.8) is 0 Å². The van der Waals surface area contributed by atoms with Gasteiger partial charge in [-0.3, -0.25) is 9.59 Å². The van der Waals surface area contributed by atoms with E-state index in [2.05, 4.69) is 15.2 Å². The summed E-state index contributed by atoms with van der Waals surface area (Å²) in [4.78, 5) is 33.6. The van der Waals surface area contributed by atoms with E-state index in [0.29, 0.717) is 23.5 Å². The van der Waals surface area contributed by atoms with Gasteiger partial charge in [0, 0.05) is 41.6 Å². The number of benzene rings is 2. The van der Waals surface area contributed by atoms with Crippen LogP contribution in [0.15, 0.2) is 71.7 Å². The number of ether oxygens (including phenoxy) is 1. The quantitative estimate of drug-likeness (QED) is 0.420. The molecule has 40 heavy (non-hydrogen) atoms. The van der Waals surface area contributed by atoms with Crippen molar-refractivity contribution in [2.45, 2.75) is 19.3 Å². The monoisotopic (exact) mass is 534 g/mol. The molecule has 0 spiro atoms. The molecule has 2 N–H and O–H groups in total. The van der Waals surface area contributed by atoms with Crippen molar-refractivity contribution in [3.05, 3.63) is 105 Å². The number of H-pyrrole nitrogens is 1. The third-order valence-electron chi connectivity index (χ3n) is 7.78. The standard InChI is InChI=1S/C32H27FN4O3/c1-36-14-12-24(34-28(38)18-19-4-11-27-20(17-19)3-2-16-40-27)23-9-10-26-29-25(35-32(39)30(29)31(23)36)13-15-37(26)22-7-5-21(33)6-8-22/h4-14,17H,2-3,15-16,18H2,1H3,(H,34,38)(H,35,39). The Labute approximate surface area is 229 Å². The van der Waals surface area contributed by atoms with E-state index in [1.807, 2.05) is 60.6 Å². The number of aryl methyl sites for hydroxylation is 1. The average molecular weight is 535 g/mol. The van der Waals surface area contributed by atoms with Crippen molar-refractivity contribution in [2.24, 2.45) is 0 Å². The van der Waals surface area contributed by atoms with Crippen molar-refractivity contribution in [3.8, 4) is 16.9 Å². The largest absolute Gasteiger partial charge is 0.493 e. The molecule has 0 saturated heterocycles. The zero-order valence-electron chi connectivity index (χ0n) is 22.0. The Kier molecular flexibility index (Phi) is 5.70. The first-order valence-corrected chi connectivity index (χ1v) is 13.4. The van der Waals surface area contributed by atoms with Crippen LogP contribution >= 0.6 is 0 Å². The summed E-state index contributed by atoms with van der Waals surface area (Å²) < 4.78 is 19.4. The Bertz CT molecular complexity index is 1860.